The zero-order valence-corrected chi connectivity index (χ0v) is 15.6. The molecule has 1 fully saturated rings. The van der Waals surface area contributed by atoms with Gasteiger partial charge in [-0.2, -0.15) is 0 Å². The van der Waals surface area contributed by atoms with Crippen LogP contribution in [-0.4, -0.2) is 55.1 Å². The Kier molecular flexibility index (Phi) is 9.31. The van der Waals surface area contributed by atoms with Crippen molar-refractivity contribution in [2.24, 2.45) is 0 Å². The van der Waals surface area contributed by atoms with Crippen molar-refractivity contribution in [1.29, 1.82) is 0 Å². The predicted molar refractivity (Wildman–Crippen MR) is 100 cm³/mol. The smallest absolute Gasteiger partial charge is 0.226 e. The summed E-state index contributed by atoms with van der Waals surface area (Å²) in [5, 5.41) is 9.10. The molecule has 3 rings (SSSR count). The Balaban J connectivity index is 0.00000144. The number of hydrogen-bond acceptors (Lipinski definition) is 6. The highest BCUT2D eigenvalue weighted by Gasteiger charge is 2.11. The highest BCUT2D eigenvalue weighted by molar-refractivity contribution is 7.13. The lowest BCUT2D eigenvalue weighted by Gasteiger charge is -2.27. The van der Waals surface area contributed by atoms with Gasteiger partial charge in [0, 0.05) is 50.2 Å². The third kappa shape index (κ3) is 6.07. The molecule has 6 nitrogen and oxygen atoms in total. The van der Waals surface area contributed by atoms with Crippen molar-refractivity contribution >= 4 is 42.1 Å². The fourth-order valence-corrected chi connectivity index (χ4v) is 3.23. The van der Waals surface area contributed by atoms with Gasteiger partial charge in [-0.25, -0.2) is 4.98 Å². The molecule has 1 aliphatic heterocycles. The Morgan fingerprint density at radius 2 is 2.17 bits per heavy atom. The van der Waals surface area contributed by atoms with Gasteiger partial charge in [0.2, 0.25) is 5.91 Å². The van der Waals surface area contributed by atoms with Gasteiger partial charge in [0.05, 0.1) is 18.4 Å². The Morgan fingerprint density at radius 1 is 1.38 bits per heavy atom. The first-order chi connectivity index (χ1) is 10.8. The van der Waals surface area contributed by atoms with E-state index in [0.29, 0.717) is 13.0 Å². The number of nitrogens with one attached hydrogen (secondary N) is 2. The van der Waals surface area contributed by atoms with E-state index in [0.717, 1.165) is 49.0 Å². The van der Waals surface area contributed by atoms with E-state index in [2.05, 4.69) is 20.5 Å². The van der Waals surface area contributed by atoms with Crippen LogP contribution in [0.5, 0.6) is 0 Å². The zero-order chi connectivity index (χ0) is 15.2. The minimum atomic E-state index is 0. The average Bonchev–Trinajstić information content (AvgIpc) is 3.19. The number of halogens is 2. The normalized spacial score (nSPS) is 14.5. The lowest BCUT2D eigenvalue weighted by atomic mass is 10.3. The molecule has 2 aromatic rings. The summed E-state index contributed by atoms with van der Waals surface area (Å²) in [6, 6.07) is 1.87. The monoisotopic (exact) mass is 392 g/mol. The standard InChI is InChI=1S/C15H20N4O2S.2ClH/c20-14(17-4-7-19-5-2-16-3-6-19)9-13-11-22-15(18-13)12-1-8-21-10-12;;/h1,8,10-11,16H,2-7,9H2,(H,17,20);2*1H. The lowest BCUT2D eigenvalue weighted by Crippen LogP contribution is -2.46. The molecule has 0 bridgehead atoms. The van der Waals surface area contributed by atoms with E-state index in [1.165, 1.54) is 11.3 Å². The fraction of sp³-hybridized carbons (Fsp3) is 0.467. The van der Waals surface area contributed by atoms with Gasteiger partial charge < -0.3 is 15.1 Å². The van der Waals surface area contributed by atoms with Crippen LogP contribution in [0, 0.1) is 0 Å². The van der Waals surface area contributed by atoms with Gasteiger partial charge in [-0.15, -0.1) is 36.2 Å². The highest BCUT2D eigenvalue weighted by Crippen LogP contribution is 2.23. The summed E-state index contributed by atoms with van der Waals surface area (Å²) in [5.41, 5.74) is 1.76. The zero-order valence-electron chi connectivity index (χ0n) is 13.2. The van der Waals surface area contributed by atoms with Crippen molar-refractivity contribution in [1.82, 2.24) is 20.5 Å². The second kappa shape index (κ2) is 10.7. The SMILES string of the molecule is Cl.Cl.O=C(Cc1csc(-c2ccoc2)n1)NCCN1CCNCC1. The molecule has 134 valence electrons. The Bertz CT molecular complexity index is 600. The fourth-order valence-electron chi connectivity index (χ4n) is 2.42. The Morgan fingerprint density at radius 3 is 2.88 bits per heavy atom. The molecule has 0 radical (unpaired) electrons. The predicted octanol–water partition coefficient (Wildman–Crippen LogP) is 1.81. The van der Waals surface area contributed by atoms with Gasteiger partial charge >= 0.3 is 0 Å². The largest absolute Gasteiger partial charge is 0.472 e. The van der Waals surface area contributed by atoms with Gasteiger partial charge in [0.1, 0.15) is 11.3 Å². The summed E-state index contributed by atoms with van der Waals surface area (Å²) < 4.78 is 5.05. The number of nitrogens with zero attached hydrogens (tertiary/aromatic N) is 2. The van der Waals surface area contributed by atoms with Crippen LogP contribution in [-0.2, 0) is 11.2 Å². The Labute approximate surface area is 157 Å². The molecule has 9 heteroatoms. The number of thiazole rings is 1. The van der Waals surface area contributed by atoms with E-state index >= 15 is 0 Å². The molecule has 2 aromatic heterocycles. The maximum Gasteiger partial charge on any atom is 0.226 e. The van der Waals surface area contributed by atoms with Gasteiger partial charge in [0.25, 0.3) is 0 Å². The first kappa shape index (κ1) is 20.9. The number of piperazine rings is 1. The number of aromatic nitrogens is 1. The number of carbonyl (C=O) groups is 1. The van der Waals surface area contributed by atoms with E-state index < -0.39 is 0 Å². The Hall–Kier alpha value is -1.12. The molecule has 0 unspecified atom stereocenters. The minimum absolute atomic E-state index is 0. The number of rotatable bonds is 6. The van der Waals surface area contributed by atoms with Crippen LogP contribution >= 0.6 is 36.2 Å². The molecule has 0 spiro atoms. The second-order valence-corrected chi connectivity index (χ2v) is 6.13. The molecule has 0 aliphatic carbocycles. The van der Waals surface area contributed by atoms with Crippen molar-refractivity contribution < 1.29 is 9.21 Å². The summed E-state index contributed by atoms with van der Waals surface area (Å²) in [4.78, 5) is 18.8. The van der Waals surface area contributed by atoms with E-state index in [-0.39, 0.29) is 30.7 Å². The molecule has 24 heavy (non-hydrogen) atoms. The van der Waals surface area contributed by atoms with Crippen molar-refractivity contribution in [3.05, 3.63) is 29.7 Å². The van der Waals surface area contributed by atoms with E-state index in [1.54, 1.807) is 12.5 Å². The van der Waals surface area contributed by atoms with Gasteiger partial charge in [0.15, 0.2) is 0 Å². The number of furan rings is 1. The molecule has 1 aliphatic rings. The summed E-state index contributed by atoms with van der Waals surface area (Å²) in [6.45, 7) is 5.77. The van der Waals surface area contributed by atoms with Crippen LogP contribution in [0.25, 0.3) is 10.6 Å². The van der Waals surface area contributed by atoms with Crippen molar-refractivity contribution in [3.8, 4) is 10.6 Å². The molecule has 2 N–H and O–H groups in total. The maximum atomic E-state index is 12.0. The number of amides is 1. The van der Waals surface area contributed by atoms with Gasteiger partial charge in [-0.3, -0.25) is 9.69 Å². The van der Waals surface area contributed by atoms with Crippen molar-refractivity contribution in [3.63, 3.8) is 0 Å². The maximum absolute atomic E-state index is 12.0. The average molecular weight is 393 g/mol. The molecule has 0 aromatic carbocycles. The topological polar surface area (TPSA) is 70.4 Å². The molecular formula is C15H22Cl2N4O2S. The molecule has 1 amide bonds. The summed E-state index contributed by atoms with van der Waals surface area (Å²) in [5.74, 6) is 0.0270. The number of carbonyl (C=O) groups excluding carboxylic acids is 1. The van der Waals surface area contributed by atoms with Crippen molar-refractivity contribution in [2.45, 2.75) is 6.42 Å². The molecule has 0 atom stereocenters. The van der Waals surface area contributed by atoms with Crippen LogP contribution in [0.3, 0.4) is 0 Å². The molecule has 0 saturated carbocycles. The summed E-state index contributed by atoms with van der Waals surface area (Å²) >= 11 is 1.53. The minimum Gasteiger partial charge on any atom is -0.472 e. The third-order valence-corrected chi connectivity index (χ3v) is 4.56. The summed E-state index contributed by atoms with van der Waals surface area (Å²) in [6.07, 6.45) is 3.62. The van der Waals surface area contributed by atoms with Crippen LogP contribution in [0.4, 0.5) is 0 Å². The molecule has 1 saturated heterocycles. The van der Waals surface area contributed by atoms with Crippen LogP contribution < -0.4 is 10.6 Å². The van der Waals surface area contributed by atoms with Crippen LogP contribution in [0.2, 0.25) is 0 Å². The summed E-state index contributed by atoms with van der Waals surface area (Å²) in [7, 11) is 0. The second-order valence-electron chi connectivity index (χ2n) is 5.27. The molecular weight excluding hydrogens is 371 g/mol. The van der Waals surface area contributed by atoms with E-state index in [9.17, 15) is 4.79 Å². The van der Waals surface area contributed by atoms with Gasteiger partial charge in [-0.05, 0) is 6.07 Å². The quantitative estimate of drug-likeness (QED) is 0.784. The first-order valence-corrected chi connectivity index (χ1v) is 8.36. The van der Waals surface area contributed by atoms with E-state index in [1.807, 2.05) is 11.4 Å². The third-order valence-electron chi connectivity index (χ3n) is 3.62. The van der Waals surface area contributed by atoms with Gasteiger partial charge in [-0.1, -0.05) is 0 Å². The van der Waals surface area contributed by atoms with Crippen molar-refractivity contribution in [2.75, 3.05) is 39.3 Å². The van der Waals surface area contributed by atoms with Crippen LogP contribution in [0.15, 0.2) is 28.4 Å². The lowest BCUT2D eigenvalue weighted by molar-refractivity contribution is -0.120. The van der Waals surface area contributed by atoms with E-state index in [4.69, 9.17) is 4.42 Å². The highest BCUT2D eigenvalue weighted by atomic mass is 35.5. The number of hydrogen-bond donors (Lipinski definition) is 2. The molecule has 3 heterocycles. The first-order valence-electron chi connectivity index (χ1n) is 7.48. The van der Waals surface area contributed by atoms with Crippen LogP contribution in [0.1, 0.15) is 5.69 Å².